The molecule has 4 N–H and O–H groups in total. The highest BCUT2D eigenvalue weighted by Gasteiger charge is 2.44. The minimum Gasteiger partial charge on any atom is -0.504 e. The summed E-state index contributed by atoms with van der Waals surface area (Å²) in [5.74, 6) is -1.67. The molecule has 0 spiro atoms. The van der Waals surface area contributed by atoms with Gasteiger partial charge in [0.25, 0.3) is 0 Å². The molecule has 4 aromatic carbocycles. The average Bonchev–Trinajstić information content (AvgIpc) is 3.01. The van der Waals surface area contributed by atoms with Crippen molar-refractivity contribution in [3.8, 4) is 17.2 Å². The lowest BCUT2D eigenvalue weighted by Gasteiger charge is -2.27. The molecule has 0 saturated heterocycles. The SMILES string of the molecule is O=C(C=Cc1cc(O)c(O)c(O)c1)NCCCCCCCC[P+](c1ccccc1)(c1ccccc1)c1ccccc1. The molecule has 0 fully saturated rings. The minimum absolute atomic E-state index is 0.236. The van der Waals surface area contributed by atoms with Crippen LogP contribution in [0, 0.1) is 0 Å². The average molecular weight is 569 g/mol. The van der Waals surface area contributed by atoms with Gasteiger partial charge in [-0.1, -0.05) is 73.9 Å². The molecule has 0 bridgehead atoms. The van der Waals surface area contributed by atoms with E-state index in [4.69, 9.17) is 0 Å². The Morgan fingerprint density at radius 3 is 1.56 bits per heavy atom. The highest BCUT2D eigenvalue weighted by molar-refractivity contribution is 7.95. The Bertz CT molecular complexity index is 1290. The second-order valence-electron chi connectivity index (χ2n) is 10.2. The van der Waals surface area contributed by atoms with E-state index < -0.39 is 24.5 Å². The molecule has 0 aliphatic heterocycles. The molecule has 212 valence electrons. The summed E-state index contributed by atoms with van der Waals surface area (Å²) in [6.07, 6.45) is 10.6. The number of carbonyl (C=O) groups is 1. The van der Waals surface area contributed by atoms with Gasteiger partial charge in [-0.25, -0.2) is 0 Å². The molecule has 0 unspecified atom stereocenters. The Hall–Kier alpha value is -4.08. The normalized spacial score (nSPS) is 11.5. The van der Waals surface area contributed by atoms with Crippen LogP contribution in [0.5, 0.6) is 17.2 Å². The van der Waals surface area contributed by atoms with Gasteiger partial charge in [-0.05, 0) is 79.4 Å². The number of unbranched alkanes of at least 4 members (excludes halogenated alkanes) is 5. The van der Waals surface area contributed by atoms with Gasteiger partial charge in [-0.15, -0.1) is 0 Å². The van der Waals surface area contributed by atoms with Gasteiger partial charge in [0.05, 0.1) is 6.16 Å². The van der Waals surface area contributed by atoms with Crippen molar-refractivity contribution in [2.24, 2.45) is 0 Å². The van der Waals surface area contributed by atoms with Gasteiger partial charge >= 0.3 is 0 Å². The third kappa shape index (κ3) is 7.99. The lowest BCUT2D eigenvalue weighted by Crippen LogP contribution is -2.33. The molecule has 0 aliphatic rings. The number of amides is 1. The molecule has 0 radical (unpaired) electrons. The zero-order valence-electron chi connectivity index (χ0n) is 23.3. The van der Waals surface area contributed by atoms with Crippen LogP contribution in [0.2, 0.25) is 0 Å². The molecule has 6 heteroatoms. The van der Waals surface area contributed by atoms with E-state index in [9.17, 15) is 20.1 Å². The number of carbonyl (C=O) groups excluding carboxylic acids is 1. The molecule has 0 atom stereocenters. The Morgan fingerprint density at radius 1 is 0.634 bits per heavy atom. The van der Waals surface area contributed by atoms with Crippen molar-refractivity contribution in [3.05, 3.63) is 115 Å². The molecular weight excluding hydrogens is 529 g/mol. The van der Waals surface area contributed by atoms with Crippen molar-refractivity contribution in [1.29, 1.82) is 0 Å². The maximum Gasteiger partial charge on any atom is 0.243 e. The number of phenolic OH excluding ortho intramolecular Hbond substituents is 3. The van der Waals surface area contributed by atoms with Crippen molar-refractivity contribution < 1.29 is 20.1 Å². The molecule has 41 heavy (non-hydrogen) atoms. The quantitative estimate of drug-likeness (QED) is 0.0625. The third-order valence-electron chi connectivity index (χ3n) is 7.33. The number of benzene rings is 4. The summed E-state index contributed by atoms with van der Waals surface area (Å²) in [5.41, 5.74) is 0.422. The molecule has 0 aromatic heterocycles. The molecule has 1 amide bonds. The number of nitrogens with one attached hydrogen (secondary N) is 1. The minimum atomic E-state index is -1.76. The number of rotatable bonds is 14. The van der Waals surface area contributed by atoms with Crippen LogP contribution in [0.1, 0.15) is 44.1 Å². The van der Waals surface area contributed by atoms with E-state index in [0.717, 1.165) is 31.8 Å². The van der Waals surface area contributed by atoms with Crippen LogP contribution in [0.3, 0.4) is 0 Å². The summed E-state index contributed by atoms with van der Waals surface area (Å²) < 4.78 is 0. The lowest BCUT2D eigenvalue weighted by molar-refractivity contribution is -0.116. The van der Waals surface area contributed by atoms with Crippen LogP contribution in [-0.2, 0) is 4.79 Å². The maximum atomic E-state index is 12.1. The van der Waals surface area contributed by atoms with Gasteiger partial charge in [0.1, 0.15) is 23.2 Å². The van der Waals surface area contributed by atoms with E-state index in [2.05, 4.69) is 96.3 Å². The van der Waals surface area contributed by atoms with Crippen molar-refractivity contribution in [3.63, 3.8) is 0 Å². The molecule has 4 aromatic rings. The van der Waals surface area contributed by atoms with E-state index in [1.807, 2.05) is 0 Å². The van der Waals surface area contributed by atoms with Crippen LogP contribution in [-0.4, -0.2) is 33.9 Å². The monoisotopic (exact) mass is 568 g/mol. The standard InChI is InChI=1S/C35H38NO4P/c37-32-26-28(27-33(38)35(32)40)22-23-34(39)36-24-14-3-1-2-4-15-25-41(29-16-8-5-9-17-29,30-18-10-6-11-19-30)31-20-12-7-13-21-31/h5-13,16-23,26-27H,1-4,14-15,24-25H2,(H3-,36,37,38,39,40)/p+1. The van der Waals surface area contributed by atoms with Gasteiger partial charge in [0.2, 0.25) is 5.91 Å². The van der Waals surface area contributed by atoms with Crippen LogP contribution in [0.4, 0.5) is 0 Å². The van der Waals surface area contributed by atoms with E-state index in [-0.39, 0.29) is 5.91 Å². The van der Waals surface area contributed by atoms with Gasteiger partial charge in [-0.2, -0.15) is 0 Å². The summed E-state index contributed by atoms with van der Waals surface area (Å²) in [6.45, 7) is 0.597. The molecule has 0 saturated carbocycles. The van der Waals surface area contributed by atoms with E-state index in [1.165, 1.54) is 53.0 Å². The first-order chi connectivity index (χ1) is 20.0. The zero-order chi connectivity index (χ0) is 28.9. The summed E-state index contributed by atoms with van der Waals surface area (Å²) in [4.78, 5) is 12.1. The third-order valence-corrected chi connectivity index (χ3v) is 11.9. The fourth-order valence-electron chi connectivity index (χ4n) is 5.23. The van der Waals surface area contributed by atoms with Crippen LogP contribution in [0.25, 0.3) is 6.08 Å². The van der Waals surface area contributed by atoms with Crippen molar-refractivity contribution in [2.45, 2.75) is 38.5 Å². The molecule has 5 nitrogen and oxygen atoms in total. The molecular formula is C35H39NO4P+. The Kier molecular flexibility index (Phi) is 11.0. The summed E-state index contributed by atoms with van der Waals surface area (Å²) in [5, 5.41) is 35.7. The van der Waals surface area contributed by atoms with E-state index in [1.54, 1.807) is 0 Å². The second kappa shape index (κ2) is 15.1. The van der Waals surface area contributed by atoms with Gasteiger partial charge < -0.3 is 20.6 Å². The smallest absolute Gasteiger partial charge is 0.243 e. The predicted octanol–water partition coefficient (Wildman–Crippen LogP) is 6.27. The van der Waals surface area contributed by atoms with Gasteiger partial charge in [-0.3, -0.25) is 4.79 Å². The highest BCUT2D eigenvalue weighted by atomic mass is 31.2. The topological polar surface area (TPSA) is 89.8 Å². The fraction of sp³-hybridized carbons (Fsp3) is 0.229. The summed E-state index contributed by atoms with van der Waals surface area (Å²) >= 11 is 0. The first-order valence-corrected chi connectivity index (χ1v) is 16.2. The summed E-state index contributed by atoms with van der Waals surface area (Å²) in [6, 6.07) is 35.6. The largest absolute Gasteiger partial charge is 0.504 e. The zero-order valence-corrected chi connectivity index (χ0v) is 24.2. The first-order valence-electron chi connectivity index (χ1n) is 14.3. The van der Waals surface area contributed by atoms with Gasteiger partial charge in [0, 0.05) is 12.6 Å². The predicted molar refractivity (Wildman–Crippen MR) is 171 cm³/mol. The van der Waals surface area contributed by atoms with Crippen LogP contribution < -0.4 is 21.2 Å². The lowest BCUT2D eigenvalue weighted by atomic mass is 10.1. The van der Waals surface area contributed by atoms with Crippen LogP contribution in [0.15, 0.2) is 109 Å². The molecule has 4 rings (SSSR count). The number of aromatic hydroxyl groups is 3. The number of phenols is 3. The first kappa shape index (κ1) is 29.9. The van der Waals surface area contributed by atoms with Gasteiger partial charge in [0.15, 0.2) is 17.2 Å². The highest BCUT2D eigenvalue weighted by Crippen LogP contribution is 2.56. The number of hydrogen-bond acceptors (Lipinski definition) is 4. The number of hydrogen-bond donors (Lipinski definition) is 4. The van der Waals surface area contributed by atoms with Crippen molar-refractivity contribution in [2.75, 3.05) is 12.7 Å². The Morgan fingerprint density at radius 2 is 1.07 bits per heavy atom. The second-order valence-corrected chi connectivity index (χ2v) is 13.8. The fourth-order valence-corrected chi connectivity index (χ4v) is 9.64. The molecule has 0 heterocycles. The molecule has 0 aliphatic carbocycles. The van der Waals surface area contributed by atoms with Crippen molar-refractivity contribution in [1.82, 2.24) is 5.32 Å². The van der Waals surface area contributed by atoms with E-state index in [0.29, 0.717) is 12.1 Å². The van der Waals surface area contributed by atoms with Crippen molar-refractivity contribution >= 4 is 35.2 Å². The van der Waals surface area contributed by atoms with E-state index >= 15 is 0 Å². The Balaban J connectivity index is 1.24. The summed E-state index contributed by atoms with van der Waals surface area (Å²) in [7, 11) is -1.76. The van der Waals surface area contributed by atoms with Crippen LogP contribution >= 0.6 is 7.26 Å². The Labute approximate surface area is 243 Å². The maximum absolute atomic E-state index is 12.1.